The van der Waals surface area contributed by atoms with E-state index in [2.05, 4.69) is 18.7 Å². The molecule has 0 saturated carbocycles. The van der Waals surface area contributed by atoms with E-state index in [9.17, 15) is 9.18 Å². The molecule has 0 saturated heterocycles. The van der Waals surface area contributed by atoms with E-state index in [-0.39, 0.29) is 11.4 Å². The number of hydrogen-bond donors (Lipinski definition) is 2. The summed E-state index contributed by atoms with van der Waals surface area (Å²) in [7, 11) is 0. The lowest BCUT2D eigenvalue weighted by Gasteiger charge is -2.33. The predicted octanol–water partition coefficient (Wildman–Crippen LogP) is 2.10. The molecular weight excluding hydrogens is 247 g/mol. The SMILES string of the molecule is CCC(C)N1CCc2cc(C(=O)NO)cc(F)c2C1. The van der Waals surface area contributed by atoms with E-state index in [1.54, 1.807) is 6.07 Å². The number of rotatable bonds is 3. The minimum absolute atomic E-state index is 0.163. The molecule has 1 amide bonds. The van der Waals surface area contributed by atoms with Crippen molar-refractivity contribution >= 4 is 5.91 Å². The van der Waals surface area contributed by atoms with Crippen LogP contribution in [0.5, 0.6) is 0 Å². The van der Waals surface area contributed by atoms with Crippen LogP contribution in [0.1, 0.15) is 41.8 Å². The van der Waals surface area contributed by atoms with Gasteiger partial charge in [-0.25, -0.2) is 9.87 Å². The van der Waals surface area contributed by atoms with Gasteiger partial charge in [0.1, 0.15) is 5.82 Å². The van der Waals surface area contributed by atoms with Crippen molar-refractivity contribution in [2.24, 2.45) is 0 Å². The summed E-state index contributed by atoms with van der Waals surface area (Å²) in [6.07, 6.45) is 1.76. The van der Waals surface area contributed by atoms with Gasteiger partial charge in [0.2, 0.25) is 0 Å². The maximum absolute atomic E-state index is 14.1. The number of carbonyl (C=O) groups is 1. The van der Waals surface area contributed by atoms with Crippen molar-refractivity contribution in [3.63, 3.8) is 0 Å². The molecule has 5 heteroatoms. The third-order valence-corrected chi connectivity index (χ3v) is 3.90. The number of fused-ring (bicyclic) bond motifs is 1. The maximum Gasteiger partial charge on any atom is 0.274 e. The minimum atomic E-state index is -0.675. The number of hydroxylamine groups is 1. The van der Waals surface area contributed by atoms with Crippen molar-refractivity contribution in [2.45, 2.75) is 39.3 Å². The zero-order valence-corrected chi connectivity index (χ0v) is 11.2. The van der Waals surface area contributed by atoms with Crippen LogP contribution >= 0.6 is 0 Å². The van der Waals surface area contributed by atoms with Gasteiger partial charge in [0, 0.05) is 30.3 Å². The van der Waals surface area contributed by atoms with Crippen LogP contribution in [-0.2, 0) is 13.0 Å². The van der Waals surface area contributed by atoms with Crippen molar-refractivity contribution in [3.8, 4) is 0 Å². The molecule has 0 radical (unpaired) electrons. The van der Waals surface area contributed by atoms with Crippen molar-refractivity contribution < 1.29 is 14.4 Å². The first-order valence-electron chi connectivity index (χ1n) is 6.56. The Morgan fingerprint density at radius 2 is 2.32 bits per heavy atom. The normalized spacial score (nSPS) is 16.8. The number of halogens is 1. The summed E-state index contributed by atoms with van der Waals surface area (Å²) in [6.45, 7) is 5.70. The van der Waals surface area contributed by atoms with E-state index in [1.165, 1.54) is 11.5 Å². The Bertz CT molecular complexity index is 491. The first-order chi connectivity index (χ1) is 9.06. The Kier molecular flexibility index (Phi) is 4.17. The summed E-state index contributed by atoms with van der Waals surface area (Å²) in [5, 5.41) is 8.60. The Morgan fingerprint density at radius 1 is 1.58 bits per heavy atom. The van der Waals surface area contributed by atoms with E-state index in [0.29, 0.717) is 18.2 Å². The fraction of sp³-hybridized carbons (Fsp3) is 0.500. The Labute approximate surface area is 112 Å². The Morgan fingerprint density at radius 3 is 2.95 bits per heavy atom. The van der Waals surface area contributed by atoms with Gasteiger partial charge in [-0.05, 0) is 37.5 Å². The van der Waals surface area contributed by atoms with Crippen molar-refractivity contribution in [3.05, 3.63) is 34.6 Å². The van der Waals surface area contributed by atoms with Crippen LogP contribution in [-0.4, -0.2) is 28.6 Å². The summed E-state index contributed by atoms with van der Waals surface area (Å²) in [4.78, 5) is 13.6. The lowest BCUT2D eigenvalue weighted by molar-refractivity contribution is 0.0705. The molecule has 0 fully saturated rings. The first kappa shape index (κ1) is 14.0. The summed E-state index contributed by atoms with van der Waals surface area (Å²) in [5.74, 6) is -1.05. The zero-order valence-electron chi connectivity index (χ0n) is 11.2. The van der Waals surface area contributed by atoms with Gasteiger partial charge in [-0.3, -0.25) is 14.9 Å². The molecule has 1 atom stereocenters. The molecule has 1 heterocycles. The molecule has 104 valence electrons. The molecule has 0 aliphatic carbocycles. The zero-order chi connectivity index (χ0) is 14.0. The molecule has 1 aliphatic rings. The number of amides is 1. The van der Waals surface area contributed by atoms with Crippen molar-refractivity contribution in [1.82, 2.24) is 10.4 Å². The molecule has 0 bridgehead atoms. The average Bonchev–Trinajstić information content (AvgIpc) is 2.45. The molecular formula is C14H19FN2O2. The van der Waals surface area contributed by atoms with E-state index in [4.69, 9.17) is 5.21 Å². The van der Waals surface area contributed by atoms with Gasteiger partial charge in [0.25, 0.3) is 5.91 Å². The summed E-state index contributed by atoms with van der Waals surface area (Å²) in [6, 6.07) is 3.27. The summed E-state index contributed by atoms with van der Waals surface area (Å²) in [5.41, 5.74) is 3.23. The molecule has 0 spiro atoms. The van der Waals surface area contributed by atoms with Crippen LogP contribution in [0.25, 0.3) is 0 Å². The smallest absolute Gasteiger partial charge is 0.274 e. The van der Waals surface area contributed by atoms with Crippen LogP contribution in [0.2, 0.25) is 0 Å². The topological polar surface area (TPSA) is 52.6 Å². The van der Waals surface area contributed by atoms with Gasteiger partial charge >= 0.3 is 0 Å². The monoisotopic (exact) mass is 266 g/mol. The average molecular weight is 266 g/mol. The number of hydrogen-bond acceptors (Lipinski definition) is 3. The van der Waals surface area contributed by atoms with Gasteiger partial charge in [0.05, 0.1) is 0 Å². The second-order valence-corrected chi connectivity index (χ2v) is 5.01. The minimum Gasteiger partial charge on any atom is -0.296 e. The molecule has 1 aliphatic heterocycles. The highest BCUT2D eigenvalue weighted by Crippen LogP contribution is 2.25. The Balaban J connectivity index is 2.29. The van der Waals surface area contributed by atoms with Crippen LogP contribution in [0.15, 0.2) is 12.1 Å². The third-order valence-electron chi connectivity index (χ3n) is 3.90. The molecule has 19 heavy (non-hydrogen) atoms. The molecule has 2 N–H and O–H groups in total. The van der Waals surface area contributed by atoms with Crippen LogP contribution in [0.4, 0.5) is 4.39 Å². The fourth-order valence-corrected chi connectivity index (χ4v) is 2.47. The maximum atomic E-state index is 14.1. The molecule has 1 aromatic carbocycles. The highest BCUT2D eigenvalue weighted by atomic mass is 19.1. The van der Waals surface area contributed by atoms with Crippen molar-refractivity contribution in [1.29, 1.82) is 0 Å². The highest BCUT2D eigenvalue weighted by Gasteiger charge is 2.23. The first-order valence-corrected chi connectivity index (χ1v) is 6.56. The second kappa shape index (κ2) is 5.67. The molecule has 1 unspecified atom stereocenters. The van der Waals surface area contributed by atoms with Crippen LogP contribution in [0.3, 0.4) is 0 Å². The van der Waals surface area contributed by atoms with Gasteiger partial charge in [-0.15, -0.1) is 0 Å². The van der Waals surface area contributed by atoms with Gasteiger partial charge < -0.3 is 0 Å². The largest absolute Gasteiger partial charge is 0.296 e. The molecule has 4 nitrogen and oxygen atoms in total. The van der Waals surface area contributed by atoms with Gasteiger partial charge in [-0.1, -0.05) is 6.92 Å². The fourth-order valence-electron chi connectivity index (χ4n) is 2.47. The second-order valence-electron chi connectivity index (χ2n) is 5.01. The molecule has 2 rings (SSSR count). The number of nitrogens with zero attached hydrogens (tertiary/aromatic N) is 1. The third kappa shape index (κ3) is 2.77. The quantitative estimate of drug-likeness (QED) is 0.650. The van der Waals surface area contributed by atoms with Crippen molar-refractivity contribution in [2.75, 3.05) is 6.54 Å². The van der Waals surface area contributed by atoms with Crippen LogP contribution in [0, 0.1) is 5.82 Å². The van der Waals surface area contributed by atoms with Gasteiger partial charge in [0.15, 0.2) is 0 Å². The number of carbonyl (C=O) groups excluding carboxylic acids is 1. The van der Waals surface area contributed by atoms with Gasteiger partial charge in [-0.2, -0.15) is 0 Å². The van der Waals surface area contributed by atoms with E-state index in [1.807, 2.05) is 0 Å². The molecule has 1 aromatic rings. The Hall–Kier alpha value is -1.46. The van der Waals surface area contributed by atoms with Crippen LogP contribution < -0.4 is 5.48 Å². The van der Waals surface area contributed by atoms with E-state index in [0.717, 1.165) is 24.9 Å². The summed E-state index contributed by atoms with van der Waals surface area (Å²) < 4.78 is 14.1. The summed E-state index contributed by atoms with van der Waals surface area (Å²) >= 11 is 0. The number of nitrogens with one attached hydrogen (secondary N) is 1. The molecule has 0 aromatic heterocycles. The number of benzene rings is 1. The van der Waals surface area contributed by atoms with E-state index < -0.39 is 5.91 Å². The predicted molar refractivity (Wildman–Crippen MR) is 69.5 cm³/mol. The standard InChI is InChI=1S/C14H19FN2O2/c1-3-9(2)17-5-4-10-6-11(14(18)16-19)7-13(15)12(10)8-17/h6-7,9,19H,3-5,8H2,1-2H3,(H,16,18). The van der Waals surface area contributed by atoms with E-state index >= 15 is 0 Å². The lowest BCUT2D eigenvalue weighted by atomic mass is 9.95. The lowest BCUT2D eigenvalue weighted by Crippen LogP contribution is -2.37. The highest BCUT2D eigenvalue weighted by molar-refractivity contribution is 5.93.